The molecule has 7 nitrogen and oxygen atoms in total. The third-order valence-electron chi connectivity index (χ3n) is 2.94. The van der Waals surface area contributed by atoms with E-state index >= 15 is 0 Å². The number of hydrogen-bond acceptors (Lipinski definition) is 4. The molecule has 0 saturated heterocycles. The van der Waals surface area contributed by atoms with Crippen molar-refractivity contribution >= 4 is 17.3 Å². The zero-order chi connectivity index (χ0) is 15.9. The topological polar surface area (TPSA) is 103 Å². The Balaban J connectivity index is 1.95. The van der Waals surface area contributed by atoms with Crippen molar-refractivity contribution in [2.24, 2.45) is 10.7 Å². The minimum absolute atomic E-state index is 0.0271. The molecular weight excluding hydrogens is 284 g/mol. The molecule has 0 spiro atoms. The predicted molar refractivity (Wildman–Crippen MR) is 85.0 cm³/mol. The lowest BCUT2D eigenvalue weighted by Gasteiger charge is -2.06. The van der Waals surface area contributed by atoms with Crippen LogP contribution in [0.3, 0.4) is 0 Å². The van der Waals surface area contributed by atoms with Crippen LogP contribution >= 0.6 is 0 Å². The second-order valence-corrected chi connectivity index (χ2v) is 4.48. The van der Waals surface area contributed by atoms with E-state index in [0.717, 1.165) is 11.3 Å². The number of ether oxygens (including phenoxy) is 1. The molecule has 0 fully saturated rings. The summed E-state index contributed by atoms with van der Waals surface area (Å²) < 4.78 is 5.08. The first-order valence-electron chi connectivity index (χ1n) is 6.53. The number of non-ortho nitro benzene ring substituents is 1. The Kier molecular flexibility index (Phi) is 4.92. The highest BCUT2D eigenvalue weighted by Crippen LogP contribution is 2.15. The monoisotopic (exact) mass is 300 g/mol. The predicted octanol–water partition coefficient (Wildman–Crippen LogP) is 2.53. The standard InChI is InChI=1S/C15H16N4O3/c1-22-14-8-2-11(3-9-14)10-17-15(16)18-12-4-6-13(7-5-12)19(20)21/h2-9H,10H2,1H3,(H3,16,17,18). The molecule has 22 heavy (non-hydrogen) atoms. The van der Waals surface area contributed by atoms with Crippen LogP contribution in [0, 0.1) is 10.1 Å². The van der Waals surface area contributed by atoms with Crippen LogP contribution in [0.5, 0.6) is 5.75 Å². The summed E-state index contributed by atoms with van der Waals surface area (Å²) in [4.78, 5) is 14.3. The first kappa shape index (κ1) is 15.3. The summed E-state index contributed by atoms with van der Waals surface area (Å²) in [5.41, 5.74) is 7.45. The van der Waals surface area contributed by atoms with E-state index in [4.69, 9.17) is 10.5 Å². The molecule has 0 aromatic heterocycles. The second-order valence-electron chi connectivity index (χ2n) is 4.48. The lowest BCUT2D eigenvalue weighted by molar-refractivity contribution is -0.384. The highest BCUT2D eigenvalue weighted by Gasteiger charge is 2.04. The van der Waals surface area contributed by atoms with Crippen molar-refractivity contribution in [1.82, 2.24) is 0 Å². The fraction of sp³-hybridized carbons (Fsp3) is 0.133. The van der Waals surface area contributed by atoms with Gasteiger partial charge in [0, 0.05) is 17.8 Å². The Morgan fingerprint density at radius 3 is 2.41 bits per heavy atom. The van der Waals surface area contributed by atoms with Crippen molar-refractivity contribution in [2.75, 3.05) is 12.4 Å². The van der Waals surface area contributed by atoms with E-state index in [0.29, 0.717) is 12.2 Å². The normalized spacial score (nSPS) is 11.0. The van der Waals surface area contributed by atoms with Gasteiger partial charge in [-0.25, -0.2) is 4.99 Å². The van der Waals surface area contributed by atoms with Crippen LogP contribution in [0.25, 0.3) is 0 Å². The number of nitrogens with one attached hydrogen (secondary N) is 1. The number of rotatable bonds is 5. The van der Waals surface area contributed by atoms with Gasteiger partial charge in [-0.05, 0) is 29.8 Å². The Morgan fingerprint density at radius 1 is 1.23 bits per heavy atom. The zero-order valence-corrected chi connectivity index (χ0v) is 12.0. The van der Waals surface area contributed by atoms with Gasteiger partial charge in [0.2, 0.25) is 0 Å². The molecule has 0 saturated carbocycles. The lowest BCUT2D eigenvalue weighted by Crippen LogP contribution is -2.22. The van der Waals surface area contributed by atoms with E-state index < -0.39 is 4.92 Å². The van der Waals surface area contributed by atoms with Crippen molar-refractivity contribution in [3.05, 3.63) is 64.2 Å². The van der Waals surface area contributed by atoms with Gasteiger partial charge in [-0.2, -0.15) is 0 Å². The van der Waals surface area contributed by atoms with Crippen molar-refractivity contribution in [2.45, 2.75) is 6.54 Å². The summed E-state index contributed by atoms with van der Waals surface area (Å²) in [5.74, 6) is 1.02. The molecule has 114 valence electrons. The molecule has 0 aliphatic heterocycles. The summed E-state index contributed by atoms with van der Waals surface area (Å²) in [6.45, 7) is 0.426. The number of guanidine groups is 1. The lowest BCUT2D eigenvalue weighted by atomic mass is 10.2. The molecule has 0 bridgehead atoms. The quantitative estimate of drug-likeness (QED) is 0.382. The van der Waals surface area contributed by atoms with Crippen LogP contribution in [0.4, 0.5) is 11.4 Å². The number of methoxy groups -OCH3 is 1. The molecule has 0 radical (unpaired) electrons. The largest absolute Gasteiger partial charge is 0.497 e. The van der Waals surface area contributed by atoms with Gasteiger partial charge in [0.15, 0.2) is 5.96 Å². The molecule has 7 heteroatoms. The zero-order valence-electron chi connectivity index (χ0n) is 12.0. The van der Waals surface area contributed by atoms with Gasteiger partial charge in [-0.1, -0.05) is 12.1 Å². The highest BCUT2D eigenvalue weighted by atomic mass is 16.6. The fourth-order valence-corrected chi connectivity index (χ4v) is 1.76. The van der Waals surface area contributed by atoms with Gasteiger partial charge in [-0.3, -0.25) is 10.1 Å². The van der Waals surface area contributed by atoms with E-state index in [-0.39, 0.29) is 11.6 Å². The molecule has 0 unspecified atom stereocenters. The first-order valence-corrected chi connectivity index (χ1v) is 6.53. The maximum Gasteiger partial charge on any atom is 0.269 e. The van der Waals surface area contributed by atoms with Crippen molar-refractivity contribution in [3.8, 4) is 5.75 Å². The van der Waals surface area contributed by atoms with Crippen LogP contribution in [-0.2, 0) is 6.54 Å². The summed E-state index contributed by atoms with van der Waals surface area (Å²) >= 11 is 0. The average Bonchev–Trinajstić information content (AvgIpc) is 2.54. The van der Waals surface area contributed by atoms with Gasteiger partial charge >= 0.3 is 0 Å². The number of nitrogens with zero attached hydrogens (tertiary/aromatic N) is 2. The molecule has 0 heterocycles. The summed E-state index contributed by atoms with van der Waals surface area (Å²) in [6.07, 6.45) is 0. The number of benzene rings is 2. The average molecular weight is 300 g/mol. The molecule has 0 aliphatic carbocycles. The minimum atomic E-state index is -0.453. The van der Waals surface area contributed by atoms with Gasteiger partial charge in [0.05, 0.1) is 18.6 Å². The second kappa shape index (κ2) is 7.07. The van der Waals surface area contributed by atoms with Crippen LogP contribution in [0.1, 0.15) is 5.56 Å². The molecule has 0 aliphatic rings. The van der Waals surface area contributed by atoms with Crippen molar-refractivity contribution in [1.29, 1.82) is 0 Å². The van der Waals surface area contributed by atoms with Crippen LogP contribution in [0.15, 0.2) is 53.5 Å². The van der Waals surface area contributed by atoms with Crippen LogP contribution in [0.2, 0.25) is 0 Å². The van der Waals surface area contributed by atoms with Gasteiger partial charge in [0.1, 0.15) is 5.75 Å². The number of aliphatic imine (C=N–C) groups is 1. The van der Waals surface area contributed by atoms with E-state index in [1.807, 2.05) is 24.3 Å². The molecule has 0 amide bonds. The molecule has 2 aromatic rings. The number of nitrogens with two attached hydrogens (primary N) is 1. The summed E-state index contributed by atoms with van der Waals surface area (Å²) in [5, 5.41) is 13.4. The fourth-order valence-electron chi connectivity index (χ4n) is 1.76. The molecule has 0 atom stereocenters. The third-order valence-corrected chi connectivity index (χ3v) is 2.94. The Morgan fingerprint density at radius 2 is 1.86 bits per heavy atom. The Labute approximate surface area is 127 Å². The summed E-state index contributed by atoms with van der Waals surface area (Å²) in [6, 6.07) is 13.5. The molecule has 2 aromatic carbocycles. The maximum atomic E-state index is 10.6. The SMILES string of the molecule is COc1ccc(CN=C(N)Nc2ccc([N+](=O)[O-])cc2)cc1. The smallest absolute Gasteiger partial charge is 0.269 e. The summed E-state index contributed by atoms with van der Waals surface area (Å²) in [7, 11) is 1.61. The van der Waals surface area contributed by atoms with Crippen LogP contribution < -0.4 is 15.8 Å². The number of nitro benzene ring substituents is 1. The van der Waals surface area contributed by atoms with E-state index in [9.17, 15) is 10.1 Å². The van der Waals surface area contributed by atoms with E-state index in [1.165, 1.54) is 12.1 Å². The van der Waals surface area contributed by atoms with Crippen molar-refractivity contribution < 1.29 is 9.66 Å². The maximum absolute atomic E-state index is 10.6. The van der Waals surface area contributed by atoms with Gasteiger partial charge in [0.25, 0.3) is 5.69 Å². The minimum Gasteiger partial charge on any atom is -0.497 e. The van der Waals surface area contributed by atoms with Gasteiger partial charge < -0.3 is 15.8 Å². The molecule has 2 rings (SSSR count). The van der Waals surface area contributed by atoms with E-state index in [1.54, 1.807) is 19.2 Å². The number of nitro groups is 1. The van der Waals surface area contributed by atoms with Gasteiger partial charge in [-0.15, -0.1) is 0 Å². The highest BCUT2D eigenvalue weighted by molar-refractivity contribution is 5.92. The number of anilines is 1. The Hall–Kier alpha value is -3.09. The van der Waals surface area contributed by atoms with Crippen molar-refractivity contribution in [3.63, 3.8) is 0 Å². The first-order chi connectivity index (χ1) is 10.6. The molecule has 3 N–H and O–H groups in total. The number of hydrogen-bond donors (Lipinski definition) is 2. The van der Waals surface area contributed by atoms with E-state index in [2.05, 4.69) is 10.3 Å². The third kappa shape index (κ3) is 4.20. The Bertz CT molecular complexity index is 666. The van der Waals surface area contributed by atoms with Crippen LogP contribution in [-0.4, -0.2) is 18.0 Å². The molecular formula is C15H16N4O3.